The number of carbonyl (C=O) groups excluding carboxylic acids is 1. The predicted octanol–water partition coefficient (Wildman–Crippen LogP) is 7.34. The van der Waals surface area contributed by atoms with Gasteiger partial charge in [-0.2, -0.15) is 0 Å². The number of hydrogen-bond donors (Lipinski definition) is 1. The maximum Gasteiger partial charge on any atom is 0.407 e. The van der Waals surface area contributed by atoms with Crippen molar-refractivity contribution in [3.05, 3.63) is 11.6 Å². The fourth-order valence-electron chi connectivity index (χ4n) is 5.79. The summed E-state index contributed by atoms with van der Waals surface area (Å²) in [5, 5.41) is 2.96. The summed E-state index contributed by atoms with van der Waals surface area (Å²) in [6.07, 6.45) is 10.4. The van der Waals surface area contributed by atoms with Gasteiger partial charge in [-0.15, -0.1) is 5.54 Å². The van der Waals surface area contributed by atoms with Gasteiger partial charge in [-0.25, -0.2) is 4.79 Å². The van der Waals surface area contributed by atoms with E-state index in [1.165, 1.54) is 32.1 Å². The Morgan fingerprint density at radius 2 is 1.97 bits per heavy atom. The minimum absolute atomic E-state index is 0.0806. The molecule has 31 heavy (non-hydrogen) atoms. The molecule has 3 atom stereocenters. The van der Waals surface area contributed by atoms with Crippen LogP contribution in [0.15, 0.2) is 11.6 Å². The molecule has 1 amide bonds. The minimum Gasteiger partial charge on any atom is -0.444 e. The zero-order chi connectivity index (χ0) is 23.5. The Kier molecular flexibility index (Phi) is 8.18. The molecule has 1 saturated carbocycles. The number of alkyl carbamates (subject to hydrolysis) is 1. The summed E-state index contributed by atoms with van der Waals surface area (Å²) in [5.41, 5.74) is 5.14. The first-order chi connectivity index (χ1) is 14.2. The zero-order valence-electron chi connectivity index (χ0n) is 21.7. The number of ether oxygens (including phenoxy) is 1. The van der Waals surface area contributed by atoms with Crippen LogP contribution in [-0.2, 0) is 4.74 Å². The quantitative estimate of drug-likeness (QED) is 0.208. The van der Waals surface area contributed by atoms with Gasteiger partial charge in [0.25, 0.3) is 0 Å². The van der Waals surface area contributed by atoms with Gasteiger partial charge < -0.3 is 10.1 Å². The monoisotopic (exact) mass is 445 g/mol. The molecule has 2 aliphatic carbocycles. The molecule has 0 aromatic heterocycles. The highest BCUT2D eigenvalue weighted by atomic mass is 28.3. The molecule has 0 unspecified atom stereocenters. The molecule has 2 rings (SSSR count). The largest absolute Gasteiger partial charge is 0.444 e. The lowest BCUT2D eigenvalue weighted by atomic mass is 9.49. The predicted molar refractivity (Wildman–Crippen MR) is 135 cm³/mol. The van der Waals surface area contributed by atoms with Gasteiger partial charge in [0.1, 0.15) is 13.7 Å². The maximum atomic E-state index is 12.1. The lowest BCUT2D eigenvalue weighted by Crippen LogP contribution is -2.46. The van der Waals surface area contributed by atoms with Gasteiger partial charge in [0.15, 0.2) is 0 Å². The van der Waals surface area contributed by atoms with Gasteiger partial charge in [-0.3, -0.25) is 0 Å². The van der Waals surface area contributed by atoms with Crippen molar-refractivity contribution in [2.24, 2.45) is 22.7 Å². The molecule has 0 heterocycles. The molecule has 0 bridgehead atoms. The van der Waals surface area contributed by atoms with Gasteiger partial charge in [0, 0.05) is 6.54 Å². The van der Waals surface area contributed by atoms with Crippen molar-refractivity contribution >= 4 is 14.2 Å². The molecule has 0 saturated heterocycles. The standard InChI is InChI=1S/C27H47NO2Si/c1-21(2)22-14-17-27(18-20-31(7,8)9)16-11-10-13-23(27)26(22,6)15-12-19-28-24(29)30-25(3,4)5/h13,21-22H,10-12,14-17,19H2,1-9H3,(H,28,29)/t22-,26-,27+/m0/s1. The summed E-state index contributed by atoms with van der Waals surface area (Å²) in [6.45, 7) is 20.7. The van der Waals surface area contributed by atoms with Gasteiger partial charge in [0.2, 0.25) is 0 Å². The van der Waals surface area contributed by atoms with Crippen molar-refractivity contribution in [1.29, 1.82) is 0 Å². The molecule has 0 radical (unpaired) electrons. The summed E-state index contributed by atoms with van der Waals surface area (Å²) >= 11 is 0. The van der Waals surface area contributed by atoms with Crippen LogP contribution in [0, 0.1) is 34.1 Å². The number of rotatable bonds is 5. The number of nitrogens with one attached hydrogen (secondary N) is 1. The Bertz CT molecular complexity index is 731. The van der Waals surface area contributed by atoms with Crippen LogP contribution in [-0.4, -0.2) is 26.3 Å². The fraction of sp³-hybridized carbons (Fsp3) is 0.815. The molecular formula is C27H47NO2Si. The number of amides is 1. The molecule has 0 aromatic carbocycles. The van der Waals surface area contributed by atoms with Crippen LogP contribution in [0.2, 0.25) is 19.6 Å². The highest BCUT2D eigenvalue weighted by molar-refractivity contribution is 6.83. The summed E-state index contributed by atoms with van der Waals surface area (Å²) < 4.78 is 5.40. The molecule has 1 N–H and O–H groups in total. The second kappa shape index (κ2) is 9.73. The average molecular weight is 446 g/mol. The molecule has 0 spiro atoms. The van der Waals surface area contributed by atoms with Crippen molar-refractivity contribution in [2.45, 2.75) is 112 Å². The Morgan fingerprint density at radius 3 is 2.55 bits per heavy atom. The first-order valence-corrected chi connectivity index (χ1v) is 15.9. The smallest absolute Gasteiger partial charge is 0.407 e. The van der Waals surface area contributed by atoms with Gasteiger partial charge in [0.05, 0.1) is 5.41 Å². The van der Waals surface area contributed by atoms with Crippen LogP contribution >= 0.6 is 0 Å². The van der Waals surface area contributed by atoms with Crippen LogP contribution in [0.3, 0.4) is 0 Å². The lowest BCUT2D eigenvalue weighted by molar-refractivity contribution is 0.0507. The van der Waals surface area contributed by atoms with Crippen molar-refractivity contribution < 1.29 is 9.53 Å². The minimum atomic E-state index is -1.42. The van der Waals surface area contributed by atoms with E-state index in [0.717, 1.165) is 12.8 Å². The molecule has 3 nitrogen and oxygen atoms in total. The van der Waals surface area contributed by atoms with E-state index in [2.05, 4.69) is 63.3 Å². The summed E-state index contributed by atoms with van der Waals surface area (Å²) in [4.78, 5) is 12.1. The van der Waals surface area contributed by atoms with E-state index in [4.69, 9.17) is 4.74 Å². The van der Waals surface area contributed by atoms with Crippen molar-refractivity contribution in [3.63, 3.8) is 0 Å². The first kappa shape index (κ1) is 26.0. The van der Waals surface area contributed by atoms with Crippen molar-refractivity contribution in [2.75, 3.05) is 6.54 Å². The third-order valence-corrected chi connectivity index (χ3v) is 7.89. The van der Waals surface area contributed by atoms with E-state index in [1.54, 1.807) is 5.57 Å². The van der Waals surface area contributed by atoms with E-state index in [9.17, 15) is 4.79 Å². The summed E-state index contributed by atoms with van der Waals surface area (Å²) in [5.74, 6) is 5.19. The Hall–Kier alpha value is -1.21. The normalized spacial score (nSPS) is 28.8. The molecular weight excluding hydrogens is 398 g/mol. The fourth-order valence-corrected chi connectivity index (χ4v) is 6.40. The molecule has 1 fully saturated rings. The maximum absolute atomic E-state index is 12.1. The summed E-state index contributed by atoms with van der Waals surface area (Å²) in [7, 11) is -1.42. The summed E-state index contributed by atoms with van der Waals surface area (Å²) in [6, 6.07) is 0. The van der Waals surface area contributed by atoms with E-state index >= 15 is 0 Å². The third kappa shape index (κ3) is 6.88. The molecule has 0 aromatic rings. The number of allylic oxidation sites excluding steroid dienone is 2. The highest BCUT2D eigenvalue weighted by Gasteiger charge is 2.51. The molecule has 2 aliphatic rings. The average Bonchev–Trinajstić information content (AvgIpc) is 2.62. The van der Waals surface area contributed by atoms with Crippen LogP contribution in [0.4, 0.5) is 4.79 Å². The van der Waals surface area contributed by atoms with Crippen LogP contribution < -0.4 is 5.32 Å². The number of carbonyl (C=O) groups is 1. The lowest BCUT2D eigenvalue weighted by Gasteiger charge is -2.55. The third-order valence-electron chi connectivity index (χ3n) is 7.01. The van der Waals surface area contributed by atoms with Crippen molar-refractivity contribution in [3.8, 4) is 11.5 Å². The second-order valence-electron chi connectivity index (χ2n) is 12.4. The van der Waals surface area contributed by atoms with Crippen LogP contribution in [0.1, 0.15) is 86.5 Å². The zero-order valence-corrected chi connectivity index (χ0v) is 22.7. The number of hydrogen-bond acceptors (Lipinski definition) is 2. The Morgan fingerprint density at radius 1 is 1.29 bits per heavy atom. The highest BCUT2D eigenvalue weighted by Crippen LogP contribution is 2.60. The molecule has 0 aliphatic heterocycles. The van der Waals surface area contributed by atoms with E-state index in [1.807, 2.05) is 20.8 Å². The van der Waals surface area contributed by atoms with Gasteiger partial charge in [-0.1, -0.05) is 52.4 Å². The Balaban J connectivity index is 2.22. The topological polar surface area (TPSA) is 38.3 Å². The second-order valence-corrected chi connectivity index (χ2v) is 17.2. The first-order valence-electron chi connectivity index (χ1n) is 12.4. The SMILES string of the molecule is CC(C)[C@@H]1CC[C@@]2(C#C[Si](C)(C)C)CCCC=C2[C@@]1(C)CCCNC(=O)OC(C)(C)C. The molecule has 4 heteroatoms. The van der Waals surface area contributed by atoms with Gasteiger partial charge >= 0.3 is 6.09 Å². The molecule has 176 valence electrons. The van der Waals surface area contributed by atoms with Gasteiger partial charge in [-0.05, 0) is 88.5 Å². The van der Waals surface area contributed by atoms with Crippen LogP contribution in [0.25, 0.3) is 0 Å². The van der Waals surface area contributed by atoms with E-state index in [0.29, 0.717) is 18.4 Å². The Labute approximate surface area is 193 Å². The number of fused-ring (bicyclic) bond motifs is 1. The van der Waals surface area contributed by atoms with E-state index in [-0.39, 0.29) is 16.9 Å². The van der Waals surface area contributed by atoms with E-state index < -0.39 is 13.7 Å². The van der Waals surface area contributed by atoms with Crippen LogP contribution in [0.5, 0.6) is 0 Å². The van der Waals surface area contributed by atoms with Crippen molar-refractivity contribution in [1.82, 2.24) is 5.32 Å².